The van der Waals surface area contributed by atoms with Gasteiger partial charge in [-0.3, -0.25) is 4.79 Å². The van der Waals surface area contributed by atoms with Crippen molar-refractivity contribution in [3.63, 3.8) is 0 Å². The van der Waals surface area contributed by atoms with E-state index < -0.39 is 0 Å². The zero-order valence-corrected chi connectivity index (χ0v) is 11.9. The molecule has 0 aliphatic rings. The third kappa shape index (κ3) is 2.67. The number of hydrogen-bond donors (Lipinski definition) is 3. The lowest BCUT2D eigenvalue weighted by Crippen LogP contribution is -2.05. The van der Waals surface area contributed by atoms with Gasteiger partial charge in [0.25, 0.3) is 0 Å². The molecule has 0 atom stereocenters. The zero-order valence-electron chi connectivity index (χ0n) is 11.9. The number of nitrogens with zero attached hydrogens (tertiary/aromatic N) is 2. The molecule has 3 aromatic rings. The number of carbonyl (C=O) groups is 1. The molecule has 0 fully saturated rings. The van der Waals surface area contributed by atoms with Crippen LogP contribution in [-0.4, -0.2) is 21.0 Å². The van der Waals surface area contributed by atoms with E-state index >= 15 is 0 Å². The number of anilines is 2. The van der Waals surface area contributed by atoms with Crippen molar-refractivity contribution >= 4 is 28.4 Å². The van der Waals surface area contributed by atoms with E-state index in [1.165, 1.54) is 6.92 Å². The number of aromatic nitrogens is 2. The lowest BCUT2D eigenvalue weighted by Gasteiger charge is -2.07. The quantitative estimate of drug-likeness (QED) is 0.674. The van der Waals surface area contributed by atoms with Gasteiger partial charge in [-0.25, -0.2) is 4.98 Å². The number of rotatable bonds is 2. The van der Waals surface area contributed by atoms with E-state index in [2.05, 4.69) is 15.3 Å². The standard InChI is InChI=1S/C16H14N4O2/c1-9(21)18-12-5-2-10(3-6-12)11-4-7-14-13(8-11)15(22)20-16(17)19-14/h2-8H,1H3,(H,18,21)(H3,17,19,20,22). The number of amides is 1. The molecule has 22 heavy (non-hydrogen) atoms. The first-order valence-corrected chi connectivity index (χ1v) is 6.67. The minimum absolute atomic E-state index is 0.0393. The first kappa shape index (κ1) is 13.8. The van der Waals surface area contributed by atoms with Crippen LogP contribution in [0.4, 0.5) is 11.6 Å². The largest absolute Gasteiger partial charge is 0.493 e. The average Bonchev–Trinajstić information content (AvgIpc) is 2.47. The Labute approximate surface area is 126 Å². The van der Waals surface area contributed by atoms with E-state index in [1.807, 2.05) is 30.3 Å². The molecule has 3 rings (SSSR count). The molecule has 0 aliphatic carbocycles. The van der Waals surface area contributed by atoms with Crippen molar-refractivity contribution in [2.75, 3.05) is 11.1 Å². The number of aromatic hydroxyl groups is 1. The Morgan fingerprint density at radius 3 is 2.45 bits per heavy atom. The summed E-state index contributed by atoms with van der Waals surface area (Å²) in [7, 11) is 0. The van der Waals surface area contributed by atoms with Crippen LogP contribution in [-0.2, 0) is 4.79 Å². The topological polar surface area (TPSA) is 101 Å². The van der Waals surface area contributed by atoms with Gasteiger partial charge in [0.15, 0.2) is 0 Å². The Morgan fingerprint density at radius 1 is 1.09 bits per heavy atom. The van der Waals surface area contributed by atoms with Crippen molar-refractivity contribution in [1.29, 1.82) is 0 Å². The van der Waals surface area contributed by atoms with Gasteiger partial charge in [-0.05, 0) is 35.4 Å². The highest BCUT2D eigenvalue weighted by Crippen LogP contribution is 2.28. The smallest absolute Gasteiger partial charge is 0.223 e. The molecule has 1 amide bonds. The molecule has 6 nitrogen and oxygen atoms in total. The highest BCUT2D eigenvalue weighted by molar-refractivity contribution is 5.90. The zero-order chi connectivity index (χ0) is 15.7. The molecule has 0 saturated carbocycles. The lowest BCUT2D eigenvalue weighted by atomic mass is 10.0. The van der Waals surface area contributed by atoms with Gasteiger partial charge in [0.05, 0.1) is 10.9 Å². The van der Waals surface area contributed by atoms with Crippen molar-refractivity contribution in [1.82, 2.24) is 9.97 Å². The van der Waals surface area contributed by atoms with Gasteiger partial charge in [-0.15, -0.1) is 0 Å². The lowest BCUT2D eigenvalue weighted by molar-refractivity contribution is -0.114. The van der Waals surface area contributed by atoms with Crippen LogP contribution >= 0.6 is 0 Å². The molecule has 6 heteroatoms. The van der Waals surface area contributed by atoms with E-state index in [0.717, 1.165) is 16.8 Å². The maximum absolute atomic E-state index is 11.0. The van der Waals surface area contributed by atoms with Gasteiger partial charge in [0, 0.05) is 12.6 Å². The predicted molar refractivity (Wildman–Crippen MR) is 85.4 cm³/mol. The van der Waals surface area contributed by atoms with E-state index in [1.54, 1.807) is 12.1 Å². The molecule has 0 aliphatic heterocycles. The highest BCUT2D eigenvalue weighted by atomic mass is 16.3. The summed E-state index contributed by atoms with van der Waals surface area (Å²) in [6.07, 6.45) is 0. The van der Waals surface area contributed by atoms with E-state index in [9.17, 15) is 9.90 Å². The Balaban J connectivity index is 2.01. The number of nitrogens with two attached hydrogens (primary N) is 1. The summed E-state index contributed by atoms with van der Waals surface area (Å²) in [5, 5.41) is 13.1. The van der Waals surface area contributed by atoms with Crippen molar-refractivity contribution in [3.05, 3.63) is 42.5 Å². The van der Waals surface area contributed by atoms with Crippen LogP contribution in [0.3, 0.4) is 0 Å². The number of nitrogen functional groups attached to an aromatic ring is 1. The fourth-order valence-corrected chi connectivity index (χ4v) is 2.26. The Morgan fingerprint density at radius 2 is 1.77 bits per heavy atom. The van der Waals surface area contributed by atoms with Crippen LogP contribution in [0.2, 0.25) is 0 Å². The summed E-state index contributed by atoms with van der Waals surface area (Å²) in [5.74, 6) is -0.213. The van der Waals surface area contributed by atoms with Crippen molar-refractivity contribution in [2.24, 2.45) is 0 Å². The minimum atomic E-state index is -0.140. The van der Waals surface area contributed by atoms with E-state index in [0.29, 0.717) is 10.9 Å². The molecular formula is C16H14N4O2. The fourth-order valence-electron chi connectivity index (χ4n) is 2.26. The second-order valence-corrected chi connectivity index (χ2v) is 4.90. The molecule has 0 unspecified atom stereocenters. The molecule has 0 saturated heterocycles. The third-order valence-electron chi connectivity index (χ3n) is 3.23. The summed E-state index contributed by atoms with van der Waals surface area (Å²) in [6, 6.07) is 12.9. The Bertz CT molecular complexity index is 860. The van der Waals surface area contributed by atoms with Crippen LogP contribution in [0.1, 0.15) is 6.92 Å². The van der Waals surface area contributed by atoms with Crippen molar-refractivity contribution < 1.29 is 9.90 Å². The Hall–Kier alpha value is -3.15. The van der Waals surface area contributed by atoms with Gasteiger partial charge < -0.3 is 16.2 Å². The molecule has 1 aromatic heterocycles. The molecule has 0 bridgehead atoms. The van der Waals surface area contributed by atoms with Crippen LogP contribution in [0.5, 0.6) is 5.88 Å². The summed E-state index contributed by atoms with van der Waals surface area (Å²) < 4.78 is 0. The van der Waals surface area contributed by atoms with Crippen molar-refractivity contribution in [3.8, 4) is 17.0 Å². The predicted octanol–water partition coefficient (Wildman–Crippen LogP) is 2.54. The van der Waals surface area contributed by atoms with Gasteiger partial charge in [-0.1, -0.05) is 18.2 Å². The third-order valence-corrected chi connectivity index (χ3v) is 3.23. The number of nitrogens with one attached hydrogen (secondary N) is 1. The van der Waals surface area contributed by atoms with Gasteiger partial charge in [0.2, 0.25) is 17.7 Å². The summed E-state index contributed by atoms with van der Waals surface area (Å²) in [4.78, 5) is 18.9. The second kappa shape index (κ2) is 5.33. The molecule has 110 valence electrons. The maximum Gasteiger partial charge on any atom is 0.223 e. The minimum Gasteiger partial charge on any atom is -0.493 e. The van der Waals surface area contributed by atoms with Crippen LogP contribution in [0, 0.1) is 0 Å². The SMILES string of the molecule is CC(=O)Nc1ccc(-c2ccc3nc(N)nc(O)c3c2)cc1. The number of carbonyl (C=O) groups excluding carboxylic acids is 1. The first-order valence-electron chi connectivity index (χ1n) is 6.67. The fraction of sp³-hybridized carbons (Fsp3) is 0.0625. The normalized spacial score (nSPS) is 10.6. The molecular weight excluding hydrogens is 280 g/mol. The number of fused-ring (bicyclic) bond motifs is 1. The molecule has 0 radical (unpaired) electrons. The summed E-state index contributed by atoms with van der Waals surface area (Å²) in [5.41, 5.74) is 8.69. The summed E-state index contributed by atoms with van der Waals surface area (Å²) in [6.45, 7) is 1.46. The molecule has 1 heterocycles. The van der Waals surface area contributed by atoms with E-state index in [-0.39, 0.29) is 17.7 Å². The van der Waals surface area contributed by atoms with Gasteiger partial charge >= 0.3 is 0 Å². The second-order valence-electron chi connectivity index (χ2n) is 4.90. The van der Waals surface area contributed by atoms with Crippen LogP contribution < -0.4 is 11.1 Å². The van der Waals surface area contributed by atoms with Crippen molar-refractivity contribution in [2.45, 2.75) is 6.92 Å². The van der Waals surface area contributed by atoms with E-state index in [4.69, 9.17) is 5.73 Å². The van der Waals surface area contributed by atoms with Gasteiger partial charge in [-0.2, -0.15) is 4.98 Å². The van der Waals surface area contributed by atoms with Crippen LogP contribution in [0.25, 0.3) is 22.0 Å². The average molecular weight is 294 g/mol. The maximum atomic E-state index is 11.0. The molecule has 0 spiro atoms. The van der Waals surface area contributed by atoms with Crippen LogP contribution in [0.15, 0.2) is 42.5 Å². The highest BCUT2D eigenvalue weighted by Gasteiger charge is 2.07. The monoisotopic (exact) mass is 294 g/mol. The Kier molecular flexibility index (Phi) is 3.34. The molecule has 4 N–H and O–H groups in total. The molecule has 2 aromatic carbocycles. The number of benzene rings is 2. The van der Waals surface area contributed by atoms with Gasteiger partial charge in [0.1, 0.15) is 0 Å². The summed E-state index contributed by atoms with van der Waals surface area (Å²) >= 11 is 0. The number of hydrogen-bond acceptors (Lipinski definition) is 5. The first-order chi connectivity index (χ1) is 10.5.